The fourth-order valence-electron chi connectivity index (χ4n) is 1.57. The Morgan fingerprint density at radius 2 is 2.35 bits per heavy atom. The molecule has 0 saturated carbocycles. The third-order valence-electron chi connectivity index (χ3n) is 2.49. The summed E-state index contributed by atoms with van der Waals surface area (Å²) < 4.78 is 1.84. The van der Waals surface area contributed by atoms with Crippen molar-refractivity contribution in [1.82, 2.24) is 14.5 Å². The number of rotatable bonds is 4. The number of carbonyl (C=O) groups excluding carboxylic acids is 1. The fourth-order valence-corrected chi connectivity index (χ4v) is 1.57. The van der Waals surface area contributed by atoms with Crippen LogP contribution in [-0.2, 0) is 11.3 Å². The molecule has 6 heteroatoms. The smallest absolute Gasteiger partial charge is 0.227 e. The first-order chi connectivity index (χ1) is 9.78. The Balaban J connectivity index is 1.90. The Labute approximate surface area is 117 Å². The van der Waals surface area contributed by atoms with Crippen LogP contribution in [0.1, 0.15) is 12.1 Å². The van der Waals surface area contributed by atoms with Crippen LogP contribution < -0.4 is 11.1 Å². The molecule has 0 aromatic carbocycles. The highest BCUT2D eigenvalue weighted by Gasteiger charge is 2.04. The molecule has 2 heterocycles. The summed E-state index contributed by atoms with van der Waals surface area (Å²) in [6.45, 7) is 0.863. The van der Waals surface area contributed by atoms with Crippen molar-refractivity contribution in [3.63, 3.8) is 0 Å². The third kappa shape index (κ3) is 4.23. The van der Waals surface area contributed by atoms with Gasteiger partial charge < -0.3 is 15.6 Å². The van der Waals surface area contributed by atoms with Crippen LogP contribution in [0.5, 0.6) is 0 Å². The van der Waals surface area contributed by atoms with Gasteiger partial charge in [-0.25, -0.2) is 9.97 Å². The van der Waals surface area contributed by atoms with E-state index >= 15 is 0 Å². The Bertz CT molecular complexity index is 625. The number of amides is 1. The van der Waals surface area contributed by atoms with Crippen molar-refractivity contribution in [2.45, 2.75) is 13.0 Å². The van der Waals surface area contributed by atoms with Crippen LogP contribution in [0.3, 0.4) is 0 Å². The second-order valence-corrected chi connectivity index (χ2v) is 4.01. The molecule has 0 unspecified atom stereocenters. The van der Waals surface area contributed by atoms with Gasteiger partial charge in [0.1, 0.15) is 11.5 Å². The zero-order valence-corrected chi connectivity index (χ0v) is 10.9. The summed E-state index contributed by atoms with van der Waals surface area (Å²) in [5, 5.41) is 2.74. The molecule has 0 radical (unpaired) electrons. The Morgan fingerprint density at radius 3 is 3.10 bits per heavy atom. The minimum Gasteiger partial charge on any atom is -0.337 e. The van der Waals surface area contributed by atoms with E-state index in [1.165, 1.54) is 0 Å². The van der Waals surface area contributed by atoms with E-state index in [2.05, 4.69) is 27.1 Å². The van der Waals surface area contributed by atoms with E-state index in [4.69, 9.17) is 5.73 Å². The first-order valence-electron chi connectivity index (χ1n) is 6.19. The van der Waals surface area contributed by atoms with Gasteiger partial charge >= 0.3 is 0 Å². The molecule has 0 fully saturated rings. The summed E-state index contributed by atoms with van der Waals surface area (Å²) in [5.74, 6) is 5.93. The first kappa shape index (κ1) is 13.8. The average molecular weight is 269 g/mol. The van der Waals surface area contributed by atoms with E-state index in [1.807, 2.05) is 10.8 Å². The van der Waals surface area contributed by atoms with E-state index < -0.39 is 0 Å². The molecule has 0 spiro atoms. The van der Waals surface area contributed by atoms with E-state index in [9.17, 15) is 4.79 Å². The minimum absolute atomic E-state index is 0.102. The molecule has 6 nitrogen and oxygen atoms in total. The van der Waals surface area contributed by atoms with Gasteiger partial charge in [-0.2, -0.15) is 0 Å². The number of aryl methyl sites for hydroxylation is 1. The quantitative estimate of drug-likeness (QED) is 0.797. The number of aromatic nitrogens is 3. The SMILES string of the molecule is NCC#Cc1cccc(NC(=O)CCn2ccnc2)n1. The van der Waals surface area contributed by atoms with Crippen LogP contribution in [0, 0.1) is 11.8 Å². The molecule has 0 aliphatic carbocycles. The average Bonchev–Trinajstić information content (AvgIpc) is 2.97. The summed E-state index contributed by atoms with van der Waals surface area (Å²) in [4.78, 5) is 19.9. The molecule has 2 aromatic rings. The number of nitrogens with two attached hydrogens (primary N) is 1. The molecule has 0 bridgehead atoms. The topological polar surface area (TPSA) is 85.8 Å². The molecule has 2 rings (SSSR count). The number of hydrogen-bond donors (Lipinski definition) is 2. The van der Waals surface area contributed by atoms with E-state index in [0.29, 0.717) is 24.5 Å². The van der Waals surface area contributed by atoms with Crippen molar-refractivity contribution < 1.29 is 4.79 Å². The van der Waals surface area contributed by atoms with Crippen molar-refractivity contribution >= 4 is 11.7 Å². The van der Waals surface area contributed by atoms with Crippen LogP contribution in [0.25, 0.3) is 0 Å². The second-order valence-electron chi connectivity index (χ2n) is 4.01. The number of pyridine rings is 1. The number of imidazole rings is 1. The molecular formula is C14H15N5O. The number of hydrogen-bond acceptors (Lipinski definition) is 4. The molecule has 102 valence electrons. The zero-order chi connectivity index (χ0) is 14.2. The van der Waals surface area contributed by atoms with Crippen molar-refractivity contribution in [2.24, 2.45) is 5.73 Å². The maximum absolute atomic E-state index is 11.8. The van der Waals surface area contributed by atoms with Gasteiger partial charge in [0.05, 0.1) is 12.9 Å². The number of carbonyl (C=O) groups is 1. The van der Waals surface area contributed by atoms with Crippen LogP contribution >= 0.6 is 0 Å². The lowest BCUT2D eigenvalue weighted by Crippen LogP contribution is -2.15. The molecule has 1 amide bonds. The molecule has 0 saturated heterocycles. The normalized spacial score (nSPS) is 9.65. The van der Waals surface area contributed by atoms with Crippen LogP contribution in [0.15, 0.2) is 36.9 Å². The van der Waals surface area contributed by atoms with Gasteiger partial charge in [0, 0.05) is 25.4 Å². The fraction of sp³-hybridized carbons (Fsp3) is 0.214. The Hall–Kier alpha value is -2.65. The van der Waals surface area contributed by atoms with Gasteiger partial charge in [-0.1, -0.05) is 12.0 Å². The number of nitrogens with one attached hydrogen (secondary N) is 1. The molecule has 0 aliphatic heterocycles. The second kappa shape index (κ2) is 7.07. The summed E-state index contributed by atoms with van der Waals surface area (Å²) in [6.07, 6.45) is 5.53. The lowest BCUT2D eigenvalue weighted by molar-refractivity contribution is -0.116. The van der Waals surface area contributed by atoms with Crippen LogP contribution in [0.4, 0.5) is 5.82 Å². The van der Waals surface area contributed by atoms with Gasteiger partial charge in [-0.05, 0) is 18.1 Å². The largest absolute Gasteiger partial charge is 0.337 e. The Kier molecular flexibility index (Phi) is 4.87. The molecule has 3 N–H and O–H groups in total. The highest BCUT2D eigenvalue weighted by Crippen LogP contribution is 2.05. The monoisotopic (exact) mass is 269 g/mol. The molecule has 0 atom stereocenters. The van der Waals surface area contributed by atoms with E-state index in [-0.39, 0.29) is 12.5 Å². The highest BCUT2D eigenvalue weighted by atomic mass is 16.1. The van der Waals surface area contributed by atoms with Gasteiger partial charge in [-0.15, -0.1) is 0 Å². The maximum atomic E-state index is 11.8. The highest BCUT2D eigenvalue weighted by molar-refractivity contribution is 5.89. The van der Waals surface area contributed by atoms with Gasteiger partial charge in [0.25, 0.3) is 0 Å². The summed E-state index contributed by atoms with van der Waals surface area (Å²) >= 11 is 0. The van der Waals surface area contributed by atoms with E-state index in [1.54, 1.807) is 30.7 Å². The van der Waals surface area contributed by atoms with Gasteiger partial charge in [0.2, 0.25) is 5.91 Å². The summed E-state index contributed by atoms with van der Waals surface area (Å²) in [7, 11) is 0. The van der Waals surface area contributed by atoms with E-state index in [0.717, 1.165) is 0 Å². The standard InChI is InChI=1S/C14H15N5O/c15-7-2-4-12-3-1-5-13(17-12)18-14(20)6-9-19-10-8-16-11-19/h1,3,5,8,10-11H,6-7,9,15H2,(H,17,18,20). The predicted octanol–water partition coefficient (Wildman–Crippen LogP) is 0.617. The van der Waals surface area contributed by atoms with Gasteiger partial charge in [-0.3, -0.25) is 4.79 Å². The number of nitrogens with zero attached hydrogens (tertiary/aromatic N) is 3. The zero-order valence-electron chi connectivity index (χ0n) is 10.9. The Morgan fingerprint density at radius 1 is 1.45 bits per heavy atom. The molecular weight excluding hydrogens is 254 g/mol. The predicted molar refractivity (Wildman–Crippen MR) is 75.6 cm³/mol. The lowest BCUT2D eigenvalue weighted by Gasteiger charge is -2.05. The first-order valence-corrected chi connectivity index (χ1v) is 6.19. The van der Waals surface area contributed by atoms with Crippen molar-refractivity contribution in [3.05, 3.63) is 42.6 Å². The third-order valence-corrected chi connectivity index (χ3v) is 2.49. The van der Waals surface area contributed by atoms with Crippen molar-refractivity contribution in [3.8, 4) is 11.8 Å². The van der Waals surface area contributed by atoms with Gasteiger partial charge in [0.15, 0.2) is 0 Å². The minimum atomic E-state index is -0.102. The summed E-state index contributed by atoms with van der Waals surface area (Å²) in [5.41, 5.74) is 5.89. The van der Waals surface area contributed by atoms with Crippen LogP contribution in [-0.4, -0.2) is 27.0 Å². The van der Waals surface area contributed by atoms with Crippen LogP contribution in [0.2, 0.25) is 0 Å². The molecule has 0 aliphatic rings. The van der Waals surface area contributed by atoms with Crippen molar-refractivity contribution in [1.29, 1.82) is 0 Å². The molecule has 2 aromatic heterocycles. The number of anilines is 1. The summed E-state index contributed by atoms with van der Waals surface area (Å²) in [6, 6.07) is 5.28. The molecule has 20 heavy (non-hydrogen) atoms. The lowest BCUT2D eigenvalue weighted by atomic mass is 10.3. The van der Waals surface area contributed by atoms with Crippen molar-refractivity contribution in [2.75, 3.05) is 11.9 Å². The maximum Gasteiger partial charge on any atom is 0.227 e.